The maximum Gasteiger partial charge on any atom is 0.0437 e. The van der Waals surface area contributed by atoms with Crippen molar-refractivity contribution in [2.24, 2.45) is 0 Å². The Morgan fingerprint density at radius 3 is 2.52 bits per heavy atom. The van der Waals surface area contributed by atoms with Gasteiger partial charge in [-0.1, -0.05) is 43.7 Å². The topological polar surface area (TPSA) is 12.0 Å². The summed E-state index contributed by atoms with van der Waals surface area (Å²) in [4.78, 5) is 0. The Hall–Kier alpha value is -0.640. The molecule has 1 N–H and O–H groups in total. The lowest BCUT2D eigenvalue weighted by atomic mass is 9.59. The average Bonchev–Trinajstić information content (AvgIpc) is 2.88. The van der Waals surface area contributed by atoms with Gasteiger partial charge in [0.25, 0.3) is 0 Å². The molecular formula is C18H22BrNS. The molecule has 0 radical (unpaired) electrons. The summed E-state index contributed by atoms with van der Waals surface area (Å²) in [5.41, 5.74) is 3.18. The number of nitrogens with one attached hydrogen (secondary N) is 1. The molecule has 0 amide bonds. The van der Waals surface area contributed by atoms with E-state index in [1.165, 1.54) is 41.3 Å². The Labute approximate surface area is 139 Å². The first-order valence-corrected chi connectivity index (χ1v) is 9.52. The minimum Gasteiger partial charge on any atom is -0.309 e. The Balaban J connectivity index is 2.00. The fourth-order valence-electron chi connectivity index (χ4n) is 3.46. The Kier molecular flexibility index (Phi) is 4.82. The van der Waals surface area contributed by atoms with Gasteiger partial charge in [0.05, 0.1) is 0 Å². The van der Waals surface area contributed by atoms with E-state index in [1.807, 2.05) is 0 Å². The van der Waals surface area contributed by atoms with Crippen molar-refractivity contribution in [3.8, 4) is 0 Å². The standard InChI is InChI=1S/C18H22BrNS/c1-2-11-20-17(15-12-21-13-16(15)19)18(9-6-10-18)14-7-4-3-5-8-14/h3-5,7-8,12-13,17,20H,2,6,9-11H2,1H3. The van der Waals surface area contributed by atoms with Gasteiger partial charge in [-0.25, -0.2) is 0 Å². The lowest BCUT2D eigenvalue weighted by molar-refractivity contribution is 0.169. The van der Waals surface area contributed by atoms with Crippen molar-refractivity contribution in [3.63, 3.8) is 0 Å². The normalized spacial score (nSPS) is 18.2. The third-order valence-corrected chi connectivity index (χ3v) is 6.45. The largest absolute Gasteiger partial charge is 0.309 e. The van der Waals surface area contributed by atoms with Gasteiger partial charge in [0.15, 0.2) is 0 Å². The van der Waals surface area contributed by atoms with E-state index in [9.17, 15) is 0 Å². The van der Waals surface area contributed by atoms with Gasteiger partial charge >= 0.3 is 0 Å². The molecule has 0 saturated heterocycles. The highest BCUT2D eigenvalue weighted by molar-refractivity contribution is 9.10. The maximum absolute atomic E-state index is 3.83. The molecule has 3 rings (SSSR count). The quantitative estimate of drug-likeness (QED) is 0.696. The van der Waals surface area contributed by atoms with E-state index in [4.69, 9.17) is 0 Å². The van der Waals surface area contributed by atoms with Gasteiger partial charge in [0.1, 0.15) is 0 Å². The van der Waals surface area contributed by atoms with Crippen LogP contribution >= 0.6 is 27.3 Å². The number of halogens is 1. The van der Waals surface area contributed by atoms with Crippen LogP contribution in [0.4, 0.5) is 0 Å². The lowest BCUT2D eigenvalue weighted by Gasteiger charge is -2.49. The molecule has 1 aliphatic rings. The van der Waals surface area contributed by atoms with Gasteiger partial charge in [-0.15, -0.1) is 0 Å². The van der Waals surface area contributed by atoms with Crippen molar-refractivity contribution in [2.75, 3.05) is 6.54 Å². The first-order valence-electron chi connectivity index (χ1n) is 7.78. The van der Waals surface area contributed by atoms with Crippen molar-refractivity contribution >= 4 is 27.3 Å². The van der Waals surface area contributed by atoms with Gasteiger partial charge in [-0.3, -0.25) is 0 Å². The van der Waals surface area contributed by atoms with Crippen LogP contribution < -0.4 is 5.32 Å². The predicted molar refractivity (Wildman–Crippen MR) is 95.0 cm³/mol. The molecule has 1 aliphatic carbocycles. The van der Waals surface area contributed by atoms with Crippen molar-refractivity contribution in [1.29, 1.82) is 0 Å². The molecule has 1 aromatic heterocycles. The molecule has 112 valence electrons. The van der Waals surface area contributed by atoms with Crippen LogP contribution in [0.5, 0.6) is 0 Å². The smallest absolute Gasteiger partial charge is 0.0437 e. The molecule has 1 unspecified atom stereocenters. The van der Waals surface area contributed by atoms with Crippen LogP contribution in [0.25, 0.3) is 0 Å². The summed E-state index contributed by atoms with van der Waals surface area (Å²) in [5.74, 6) is 0. The lowest BCUT2D eigenvalue weighted by Crippen LogP contribution is -2.47. The van der Waals surface area contributed by atoms with Crippen molar-refractivity contribution in [2.45, 2.75) is 44.1 Å². The van der Waals surface area contributed by atoms with E-state index in [0.29, 0.717) is 6.04 Å². The van der Waals surface area contributed by atoms with E-state index in [2.05, 4.69) is 69.3 Å². The molecule has 0 spiro atoms. The molecule has 0 aliphatic heterocycles. The van der Waals surface area contributed by atoms with Gasteiger partial charge in [-0.05, 0) is 58.2 Å². The predicted octanol–water partition coefficient (Wildman–Crippen LogP) is 5.67. The van der Waals surface area contributed by atoms with Crippen LogP contribution in [0.3, 0.4) is 0 Å². The summed E-state index contributed by atoms with van der Waals surface area (Å²) in [6.45, 7) is 3.31. The highest BCUT2D eigenvalue weighted by atomic mass is 79.9. The Morgan fingerprint density at radius 2 is 2.00 bits per heavy atom. The van der Waals surface area contributed by atoms with Crippen LogP contribution in [0.1, 0.15) is 49.8 Å². The number of benzene rings is 1. The SMILES string of the molecule is CCCNC(c1cscc1Br)C1(c2ccccc2)CCC1. The fourth-order valence-corrected chi connectivity index (χ4v) is 5.01. The molecule has 1 saturated carbocycles. The molecule has 1 fully saturated rings. The third-order valence-electron chi connectivity index (χ3n) is 4.70. The summed E-state index contributed by atoms with van der Waals surface area (Å²) >= 11 is 5.53. The second-order valence-corrected chi connectivity index (χ2v) is 7.54. The maximum atomic E-state index is 3.83. The second-order valence-electron chi connectivity index (χ2n) is 5.94. The minimum atomic E-state index is 0.264. The van der Waals surface area contributed by atoms with E-state index >= 15 is 0 Å². The summed E-state index contributed by atoms with van der Waals surface area (Å²) in [6.07, 6.45) is 5.06. The molecule has 1 nitrogen and oxygen atoms in total. The van der Waals surface area contributed by atoms with Gasteiger partial charge < -0.3 is 5.32 Å². The molecule has 2 aromatic rings. The van der Waals surface area contributed by atoms with Gasteiger partial charge in [0, 0.05) is 21.3 Å². The average molecular weight is 364 g/mol. The first-order chi connectivity index (χ1) is 10.3. The summed E-state index contributed by atoms with van der Waals surface area (Å²) < 4.78 is 1.25. The van der Waals surface area contributed by atoms with Crippen molar-refractivity contribution in [3.05, 3.63) is 56.7 Å². The molecular weight excluding hydrogens is 342 g/mol. The zero-order valence-electron chi connectivity index (χ0n) is 12.4. The highest BCUT2D eigenvalue weighted by Crippen LogP contribution is 2.53. The summed E-state index contributed by atoms with van der Waals surface area (Å²) in [7, 11) is 0. The molecule has 1 atom stereocenters. The number of thiophene rings is 1. The van der Waals surface area contributed by atoms with Crippen LogP contribution in [0, 0.1) is 0 Å². The molecule has 1 heterocycles. The van der Waals surface area contributed by atoms with Crippen molar-refractivity contribution < 1.29 is 0 Å². The molecule has 21 heavy (non-hydrogen) atoms. The monoisotopic (exact) mass is 363 g/mol. The second kappa shape index (κ2) is 6.64. The Morgan fingerprint density at radius 1 is 1.24 bits per heavy atom. The fraction of sp³-hybridized carbons (Fsp3) is 0.444. The zero-order chi connectivity index (χ0) is 14.7. The van der Waals surface area contributed by atoms with E-state index < -0.39 is 0 Å². The molecule has 1 aromatic carbocycles. The summed E-state index contributed by atoms with van der Waals surface area (Å²) in [6, 6.07) is 11.5. The van der Waals surface area contributed by atoms with Crippen LogP contribution in [0.2, 0.25) is 0 Å². The molecule has 3 heteroatoms. The van der Waals surface area contributed by atoms with Crippen molar-refractivity contribution in [1.82, 2.24) is 5.32 Å². The number of hydrogen-bond donors (Lipinski definition) is 1. The third kappa shape index (κ3) is 2.84. The zero-order valence-corrected chi connectivity index (χ0v) is 14.8. The number of hydrogen-bond acceptors (Lipinski definition) is 2. The van der Waals surface area contributed by atoms with Crippen LogP contribution in [-0.4, -0.2) is 6.54 Å². The van der Waals surface area contributed by atoms with E-state index in [0.717, 1.165) is 6.54 Å². The van der Waals surface area contributed by atoms with Crippen LogP contribution in [0.15, 0.2) is 45.6 Å². The highest BCUT2D eigenvalue weighted by Gasteiger charge is 2.46. The van der Waals surface area contributed by atoms with E-state index in [-0.39, 0.29) is 5.41 Å². The number of rotatable bonds is 6. The first kappa shape index (κ1) is 15.3. The molecule has 0 bridgehead atoms. The Bertz CT molecular complexity index is 574. The summed E-state index contributed by atoms with van der Waals surface area (Å²) in [5, 5.41) is 8.34. The van der Waals surface area contributed by atoms with Gasteiger partial charge in [0.2, 0.25) is 0 Å². The van der Waals surface area contributed by atoms with E-state index in [1.54, 1.807) is 11.3 Å². The van der Waals surface area contributed by atoms with Crippen LogP contribution in [-0.2, 0) is 5.41 Å². The minimum absolute atomic E-state index is 0.264. The van der Waals surface area contributed by atoms with Gasteiger partial charge in [-0.2, -0.15) is 11.3 Å².